The average molecular weight is 341 g/mol. The summed E-state index contributed by atoms with van der Waals surface area (Å²) in [6, 6.07) is 0. The van der Waals surface area contributed by atoms with E-state index < -0.39 is 10.0 Å². The van der Waals surface area contributed by atoms with Gasteiger partial charge < -0.3 is 9.47 Å². The summed E-state index contributed by atoms with van der Waals surface area (Å²) in [5, 5.41) is 0.483. The van der Waals surface area contributed by atoms with Gasteiger partial charge in [0.25, 0.3) is 0 Å². The van der Waals surface area contributed by atoms with Gasteiger partial charge in [-0.1, -0.05) is 11.6 Å². The highest BCUT2D eigenvalue weighted by Gasteiger charge is 2.30. The normalized spacial score (nSPS) is 18.6. The third-order valence-electron chi connectivity index (χ3n) is 2.86. The molecule has 0 atom stereocenters. The molecule has 3 heterocycles. The molecule has 0 spiro atoms. The van der Waals surface area contributed by atoms with Gasteiger partial charge in [0.15, 0.2) is 11.4 Å². The van der Waals surface area contributed by atoms with Crippen molar-refractivity contribution in [2.45, 2.75) is 11.2 Å². The fourth-order valence-electron chi connectivity index (χ4n) is 2.06. The summed E-state index contributed by atoms with van der Waals surface area (Å²) in [4.78, 5) is 1.69. The second-order valence-electron chi connectivity index (χ2n) is 5.05. The first-order chi connectivity index (χ1) is 8.89. The maximum absolute atomic E-state index is 14.1. The Morgan fingerprint density at radius 2 is 1.79 bits per heavy atom. The molecule has 0 aliphatic carbocycles. The van der Waals surface area contributed by atoms with E-state index in [1.807, 2.05) is 0 Å². The van der Waals surface area contributed by atoms with E-state index in [0.717, 1.165) is 30.5 Å². The predicted molar refractivity (Wildman–Crippen MR) is 82.9 cm³/mol. The summed E-state index contributed by atoms with van der Waals surface area (Å²) in [5.74, 6) is 0. The van der Waals surface area contributed by atoms with Gasteiger partial charge in [-0.2, -0.15) is 4.39 Å². The number of thiophene rings is 2. The van der Waals surface area contributed by atoms with Crippen LogP contribution in [0.4, 0.5) is 4.39 Å². The highest BCUT2D eigenvalue weighted by molar-refractivity contribution is 8.32. The standard InChI is InChI=1S/C12H14ClFO2S3/c1-19(2,3)10-9-7(18-11(10)14)6(13)8(17-9)12-15-4-5-16-12/h12H,4-5H2,1-3H3. The number of ether oxygens (including phenoxy) is 2. The lowest BCUT2D eigenvalue weighted by Gasteiger charge is -2.24. The predicted octanol–water partition coefficient (Wildman–Crippen LogP) is 4.85. The molecule has 2 aromatic heterocycles. The Kier molecular flexibility index (Phi) is 3.61. The van der Waals surface area contributed by atoms with Crippen LogP contribution in [0.1, 0.15) is 11.2 Å². The fraction of sp³-hybridized carbons (Fsp3) is 0.500. The molecule has 1 aliphatic heterocycles. The van der Waals surface area contributed by atoms with Crippen molar-refractivity contribution in [3.63, 3.8) is 0 Å². The van der Waals surface area contributed by atoms with E-state index in [1.165, 1.54) is 11.3 Å². The topological polar surface area (TPSA) is 18.5 Å². The average Bonchev–Trinajstić information content (AvgIpc) is 2.94. The van der Waals surface area contributed by atoms with Crippen LogP contribution in [0, 0.1) is 5.13 Å². The Morgan fingerprint density at radius 1 is 1.16 bits per heavy atom. The van der Waals surface area contributed by atoms with E-state index in [0.29, 0.717) is 18.2 Å². The molecule has 3 rings (SSSR count). The minimum absolute atomic E-state index is 0.106. The van der Waals surface area contributed by atoms with E-state index in [1.54, 1.807) is 0 Å². The van der Waals surface area contributed by atoms with Gasteiger partial charge in [0.1, 0.15) is 0 Å². The largest absolute Gasteiger partial charge is 0.345 e. The van der Waals surface area contributed by atoms with E-state index in [2.05, 4.69) is 18.8 Å². The van der Waals surface area contributed by atoms with Crippen LogP contribution in [0.5, 0.6) is 0 Å². The van der Waals surface area contributed by atoms with Gasteiger partial charge in [-0.15, -0.1) is 22.7 Å². The molecule has 7 heteroatoms. The molecule has 0 amide bonds. The molecule has 2 aromatic rings. The second-order valence-corrected chi connectivity index (χ2v) is 11.5. The van der Waals surface area contributed by atoms with Gasteiger partial charge in [-0.05, 0) is 18.8 Å². The van der Waals surface area contributed by atoms with Crippen LogP contribution in [-0.2, 0) is 9.47 Å². The first-order valence-electron chi connectivity index (χ1n) is 5.71. The van der Waals surface area contributed by atoms with Crippen molar-refractivity contribution in [2.24, 2.45) is 0 Å². The van der Waals surface area contributed by atoms with Gasteiger partial charge in [-0.3, -0.25) is 0 Å². The summed E-state index contributed by atoms with van der Waals surface area (Å²) >= 11 is 9.01. The number of hydrogen-bond donors (Lipinski definition) is 0. The van der Waals surface area contributed by atoms with Gasteiger partial charge in [0.2, 0.25) is 0 Å². The molecule has 0 unspecified atom stereocenters. The molecule has 106 valence electrons. The Balaban J connectivity index is 2.19. The van der Waals surface area contributed by atoms with Crippen molar-refractivity contribution in [2.75, 3.05) is 32.0 Å². The molecule has 0 saturated carbocycles. The van der Waals surface area contributed by atoms with Gasteiger partial charge in [-0.25, -0.2) is 10.0 Å². The van der Waals surface area contributed by atoms with Gasteiger partial charge in [0, 0.05) is 0 Å². The highest BCUT2D eigenvalue weighted by atomic mass is 35.5. The van der Waals surface area contributed by atoms with Crippen molar-refractivity contribution in [3.8, 4) is 0 Å². The van der Waals surface area contributed by atoms with Crippen LogP contribution >= 0.6 is 44.3 Å². The van der Waals surface area contributed by atoms with Crippen LogP contribution in [0.2, 0.25) is 5.02 Å². The molecule has 19 heavy (non-hydrogen) atoms. The van der Waals surface area contributed by atoms with Crippen molar-refractivity contribution >= 4 is 53.7 Å². The molecule has 0 radical (unpaired) electrons. The molecule has 0 bridgehead atoms. The van der Waals surface area contributed by atoms with Crippen molar-refractivity contribution < 1.29 is 13.9 Å². The smallest absolute Gasteiger partial charge is 0.194 e. The number of fused-ring (bicyclic) bond motifs is 1. The second kappa shape index (κ2) is 4.86. The molecular weight excluding hydrogens is 327 g/mol. The molecule has 1 aliphatic rings. The number of halogens is 2. The summed E-state index contributed by atoms with van der Waals surface area (Å²) in [5.41, 5.74) is 0. The summed E-state index contributed by atoms with van der Waals surface area (Å²) < 4.78 is 26.9. The third-order valence-corrected chi connectivity index (χ3v) is 7.70. The lowest BCUT2D eigenvalue weighted by Crippen LogP contribution is -1.95. The van der Waals surface area contributed by atoms with Gasteiger partial charge in [0.05, 0.1) is 37.4 Å². The SMILES string of the molecule is CS(C)(C)c1c(F)sc2c(Cl)c(C3OCCO3)sc12. The first kappa shape index (κ1) is 14.1. The lowest BCUT2D eigenvalue weighted by molar-refractivity contribution is -0.0412. The summed E-state index contributed by atoms with van der Waals surface area (Å²) in [6.07, 6.45) is 5.89. The van der Waals surface area contributed by atoms with Crippen molar-refractivity contribution in [1.29, 1.82) is 0 Å². The number of rotatable bonds is 2. The molecule has 2 nitrogen and oxygen atoms in total. The Labute approximate surface area is 125 Å². The Hall–Kier alpha value is 0.150. The molecule has 1 saturated heterocycles. The first-order valence-corrected chi connectivity index (χ1v) is 10.6. The van der Waals surface area contributed by atoms with Crippen molar-refractivity contribution in [1.82, 2.24) is 0 Å². The van der Waals surface area contributed by atoms with E-state index in [4.69, 9.17) is 21.1 Å². The van der Waals surface area contributed by atoms with E-state index >= 15 is 0 Å². The minimum atomic E-state index is -1.14. The monoisotopic (exact) mass is 340 g/mol. The van der Waals surface area contributed by atoms with Crippen LogP contribution in [0.15, 0.2) is 4.90 Å². The Morgan fingerprint density at radius 3 is 2.37 bits per heavy atom. The summed E-state index contributed by atoms with van der Waals surface area (Å²) in [7, 11) is -1.14. The zero-order valence-corrected chi connectivity index (χ0v) is 14.0. The fourth-order valence-corrected chi connectivity index (χ4v) is 7.65. The van der Waals surface area contributed by atoms with Crippen LogP contribution in [0.3, 0.4) is 0 Å². The van der Waals surface area contributed by atoms with E-state index in [-0.39, 0.29) is 11.4 Å². The maximum atomic E-state index is 14.1. The lowest BCUT2D eigenvalue weighted by atomic mass is 10.4. The Bertz CT molecular complexity index is 623. The van der Waals surface area contributed by atoms with Gasteiger partial charge >= 0.3 is 0 Å². The molecule has 1 fully saturated rings. The third kappa shape index (κ3) is 2.32. The molecular formula is C12H14ClFO2S3. The summed E-state index contributed by atoms with van der Waals surface area (Å²) in [6.45, 7) is 1.16. The quantitative estimate of drug-likeness (QED) is 0.777. The zero-order valence-electron chi connectivity index (χ0n) is 10.8. The molecule has 0 aromatic carbocycles. The van der Waals surface area contributed by atoms with Crippen LogP contribution in [0.25, 0.3) is 9.40 Å². The number of hydrogen-bond acceptors (Lipinski definition) is 4. The molecule has 0 N–H and O–H groups in total. The van der Waals surface area contributed by atoms with Crippen LogP contribution in [-0.4, -0.2) is 32.0 Å². The maximum Gasteiger partial charge on any atom is 0.194 e. The van der Waals surface area contributed by atoms with Crippen LogP contribution < -0.4 is 0 Å². The minimum Gasteiger partial charge on any atom is -0.345 e. The highest BCUT2D eigenvalue weighted by Crippen LogP contribution is 2.57. The van der Waals surface area contributed by atoms with Crippen molar-refractivity contribution in [3.05, 3.63) is 15.0 Å². The zero-order chi connectivity index (χ0) is 13.8. The van der Waals surface area contributed by atoms with E-state index in [9.17, 15) is 4.39 Å².